The van der Waals surface area contributed by atoms with Crippen LogP contribution in [0.2, 0.25) is 0 Å². The number of ether oxygens (including phenoxy) is 1. The van der Waals surface area contributed by atoms with E-state index in [0.717, 1.165) is 25.7 Å². The number of fused-ring (bicyclic) bond motifs is 1. The van der Waals surface area contributed by atoms with Crippen LogP contribution in [0, 0.1) is 24.5 Å². The first-order valence-corrected chi connectivity index (χ1v) is 10.2. The highest BCUT2D eigenvalue weighted by Gasteiger charge is 2.22. The minimum Gasteiger partial charge on any atom is -0.490 e. The maximum atomic E-state index is 14.3. The number of nitrogens with zero attached hydrogens (tertiary/aromatic N) is 2. The van der Waals surface area contributed by atoms with Crippen LogP contribution < -0.4 is 10.3 Å². The normalized spacial score (nSPS) is 19.2. The molecule has 2 aromatic carbocycles. The molecule has 158 valence electrons. The van der Waals surface area contributed by atoms with Crippen molar-refractivity contribution >= 4 is 10.9 Å². The molecule has 0 aliphatic heterocycles. The summed E-state index contributed by atoms with van der Waals surface area (Å²) in [5.41, 5.74) is 0.547. The van der Waals surface area contributed by atoms with Crippen molar-refractivity contribution < 1.29 is 18.6 Å². The Morgan fingerprint density at radius 2 is 1.83 bits per heavy atom. The summed E-state index contributed by atoms with van der Waals surface area (Å²) >= 11 is 0. The largest absolute Gasteiger partial charge is 0.490 e. The van der Waals surface area contributed by atoms with Crippen LogP contribution in [-0.4, -0.2) is 27.4 Å². The van der Waals surface area contributed by atoms with E-state index in [2.05, 4.69) is 4.98 Å². The molecule has 5 nitrogen and oxygen atoms in total. The molecule has 0 bridgehead atoms. The van der Waals surface area contributed by atoms with Crippen molar-refractivity contribution in [2.75, 3.05) is 6.61 Å². The highest BCUT2D eigenvalue weighted by molar-refractivity contribution is 5.79. The lowest BCUT2D eigenvalue weighted by Crippen LogP contribution is -2.25. The number of aliphatic hydroxyl groups excluding tert-OH is 1. The molecule has 7 heteroatoms. The van der Waals surface area contributed by atoms with Gasteiger partial charge in [-0.05, 0) is 74.4 Å². The zero-order valence-corrected chi connectivity index (χ0v) is 16.8. The molecule has 1 aromatic heterocycles. The van der Waals surface area contributed by atoms with Crippen LogP contribution in [0.15, 0.2) is 41.5 Å². The third-order valence-electron chi connectivity index (χ3n) is 5.79. The topological polar surface area (TPSA) is 64.4 Å². The lowest BCUT2D eigenvalue weighted by Gasteiger charge is -2.28. The predicted molar refractivity (Wildman–Crippen MR) is 110 cm³/mol. The minimum atomic E-state index is -0.627. The maximum absolute atomic E-state index is 14.3. The van der Waals surface area contributed by atoms with Gasteiger partial charge in [0.05, 0.1) is 29.9 Å². The first-order chi connectivity index (χ1) is 14.4. The molecule has 0 saturated heterocycles. The van der Waals surface area contributed by atoms with Gasteiger partial charge in [-0.2, -0.15) is 4.98 Å². The van der Waals surface area contributed by atoms with Crippen molar-refractivity contribution in [3.63, 3.8) is 0 Å². The van der Waals surface area contributed by atoms with Gasteiger partial charge in [0.1, 0.15) is 17.4 Å². The second kappa shape index (κ2) is 8.52. The summed E-state index contributed by atoms with van der Waals surface area (Å²) in [5, 5.41) is 9.60. The smallest absolute Gasteiger partial charge is 0.280 e. The van der Waals surface area contributed by atoms with E-state index in [9.17, 15) is 18.7 Å². The second-order valence-electron chi connectivity index (χ2n) is 8.01. The molecule has 30 heavy (non-hydrogen) atoms. The van der Waals surface area contributed by atoms with Crippen molar-refractivity contribution in [1.82, 2.24) is 9.55 Å². The Balaban J connectivity index is 1.61. The predicted octanol–water partition coefficient (Wildman–Crippen LogP) is 3.96. The summed E-state index contributed by atoms with van der Waals surface area (Å²) in [5.74, 6) is -0.352. The standard InChI is InChI=1S/C23H24F2N2O3/c1-14-8-20(24)19(21(25)9-14)11-27-13-26-23(29)18-10-17(6-7-22(18)27)30-16-4-2-15(12-28)3-5-16/h6-10,13,15-16,28H,2-5,11-12H2,1H3/t15-,16-. The van der Waals surface area contributed by atoms with Gasteiger partial charge in [-0.1, -0.05) is 0 Å². The number of hydrogen-bond donors (Lipinski definition) is 1. The molecule has 4 rings (SSSR count). The lowest BCUT2D eigenvalue weighted by molar-refractivity contribution is 0.104. The molecular formula is C23H24F2N2O3. The Morgan fingerprint density at radius 3 is 2.50 bits per heavy atom. The summed E-state index contributed by atoms with van der Waals surface area (Å²) in [6.07, 6.45) is 4.88. The first-order valence-electron chi connectivity index (χ1n) is 10.2. The Hall–Kier alpha value is -2.80. The van der Waals surface area contributed by atoms with Crippen LogP contribution in [0.4, 0.5) is 8.78 Å². The highest BCUT2D eigenvalue weighted by atomic mass is 19.1. The summed E-state index contributed by atoms with van der Waals surface area (Å²) in [6, 6.07) is 7.69. The van der Waals surface area contributed by atoms with Crippen molar-refractivity contribution in [2.45, 2.75) is 45.3 Å². The third kappa shape index (κ3) is 4.21. The molecule has 0 atom stereocenters. The summed E-state index contributed by atoms with van der Waals surface area (Å²) < 4.78 is 36.2. The monoisotopic (exact) mass is 414 g/mol. The zero-order valence-electron chi connectivity index (χ0n) is 16.8. The molecule has 1 saturated carbocycles. The maximum Gasteiger partial charge on any atom is 0.280 e. The number of aromatic nitrogens is 2. The van der Waals surface area contributed by atoms with Crippen molar-refractivity contribution in [3.05, 3.63) is 69.8 Å². The van der Waals surface area contributed by atoms with E-state index in [1.54, 1.807) is 29.7 Å². The van der Waals surface area contributed by atoms with E-state index in [0.29, 0.717) is 28.1 Å². The SMILES string of the molecule is Cc1cc(F)c(Cn2cnc(=O)c3cc(O[C@H]4CC[C@H](CO)CC4)ccc32)c(F)c1. The van der Waals surface area contributed by atoms with E-state index in [1.165, 1.54) is 18.5 Å². The Labute approximate surface area is 172 Å². The highest BCUT2D eigenvalue weighted by Crippen LogP contribution is 2.28. The van der Waals surface area contributed by atoms with Gasteiger partial charge >= 0.3 is 0 Å². The number of hydrogen-bond acceptors (Lipinski definition) is 4. The average Bonchev–Trinajstić information content (AvgIpc) is 2.73. The van der Waals surface area contributed by atoms with E-state index in [-0.39, 0.29) is 24.8 Å². The van der Waals surface area contributed by atoms with Crippen LogP contribution in [0.1, 0.15) is 36.8 Å². The number of aryl methyl sites for hydroxylation is 1. The van der Waals surface area contributed by atoms with E-state index >= 15 is 0 Å². The minimum absolute atomic E-state index is 0.0416. The van der Waals surface area contributed by atoms with Gasteiger partial charge in [0, 0.05) is 12.2 Å². The van der Waals surface area contributed by atoms with Gasteiger partial charge in [0.25, 0.3) is 5.56 Å². The fourth-order valence-corrected chi connectivity index (χ4v) is 4.07. The van der Waals surface area contributed by atoms with Gasteiger partial charge in [-0.25, -0.2) is 8.78 Å². The summed E-state index contributed by atoms with van der Waals surface area (Å²) in [6.45, 7) is 1.76. The van der Waals surface area contributed by atoms with E-state index in [1.807, 2.05) is 0 Å². The Bertz CT molecular complexity index is 1100. The summed E-state index contributed by atoms with van der Waals surface area (Å²) in [7, 11) is 0. The Morgan fingerprint density at radius 1 is 1.13 bits per heavy atom. The van der Waals surface area contributed by atoms with Gasteiger partial charge in [0.15, 0.2) is 0 Å². The molecule has 0 unspecified atom stereocenters. The molecule has 0 spiro atoms. The van der Waals surface area contributed by atoms with Crippen LogP contribution in [-0.2, 0) is 6.54 Å². The molecule has 0 amide bonds. The molecule has 1 fully saturated rings. The lowest BCUT2D eigenvalue weighted by atomic mass is 9.88. The van der Waals surface area contributed by atoms with Crippen LogP contribution in [0.3, 0.4) is 0 Å². The number of halogens is 2. The second-order valence-corrected chi connectivity index (χ2v) is 8.01. The quantitative estimate of drug-likeness (QED) is 0.686. The van der Waals surface area contributed by atoms with Gasteiger partial charge in [-0.15, -0.1) is 0 Å². The number of rotatable bonds is 5. The average molecular weight is 414 g/mol. The van der Waals surface area contributed by atoms with Crippen molar-refractivity contribution in [3.8, 4) is 5.75 Å². The molecule has 1 heterocycles. The van der Waals surface area contributed by atoms with Crippen LogP contribution in [0.5, 0.6) is 5.75 Å². The summed E-state index contributed by atoms with van der Waals surface area (Å²) in [4.78, 5) is 16.2. The fraction of sp³-hybridized carbons (Fsp3) is 0.391. The van der Waals surface area contributed by atoms with Crippen molar-refractivity contribution in [2.24, 2.45) is 5.92 Å². The van der Waals surface area contributed by atoms with Crippen LogP contribution >= 0.6 is 0 Å². The van der Waals surface area contributed by atoms with Gasteiger partial charge in [0.2, 0.25) is 0 Å². The van der Waals surface area contributed by atoms with Crippen LogP contribution in [0.25, 0.3) is 10.9 Å². The molecule has 3 aromatic rings. The molecule has 1 N–H and O–H groups in total. The van der Waals surface area contributed by atoms with Gasteiger partial charge in [-0.3, -0.25) is 4.79 Å². The van der Waals surface area contributed by atoms with Gasteiger partial charge < -0.3 is 14.4 Å². The molecule has 0 radical (unpaired) electrons. The first kappa shape index (κ1) is 20.5. The Kier molecular flexibility index (Phi) is 5.81. The van der Waals surface area contributed by atoms with E-state index in [4.69, 9.17) is 4.74 Å². The van der Waals surface area contributed by atoms with E-state index < -0.39 is 17.2 Å². The molecule has 1 aliphatic carbocycles. The third-order valence-corrected chi connectivity index (χ3v) is 5.79. The number of benzene rings is 2. The number of aliphatic hydroxyl groups is 1. The van der Waals surface area contributed by atoms with Crippen molar-refractivity contribution in [1.29, 1.82) is 0 Å². The fourth-order valence-electron chi connectivity index (χ4n) is 4.07. The molecular weight excluding hydrogens is 390 g/mol. The molecule has 1 aliphatic rings. The zero-order chi connectivity index (χ0) is 21.3.